The van der Waals surface area contributed by atoms with Crippen LogP contribution in [0.3, 0.4) is 0 Å². The van der Waals surface area contributed by atoms with Gasteiger partial charge in [0.2, 0.25) is 5.91 Å². The average Bonchev–Trinajstić information content (AvgIpc) is 2.35. The van der Waals surface area contributed by atoms with Gasteiger partial charge < -0.3 is 20.5 Å². The molecule has 1 rings (SSSR count). The van der Waals surface area contributed by atoms with E-state index in [4.69, 9.17) is 15.6 Å². The highest BCUT2D eigenvalue weighted by atomic mass is 16.5. The first-order valence-corrected chi connectivity index (χ1v) is 6.27. The summed E-state index contributed by atoms with van der Waals surface area (Å²) in [6.07, 6.45) is 0. The molecule has 7 nitrogen and oxygen atoms in total. The van der Waals surface area contributed by atoms with Crippen LogP contribution in [-0.4, -0.2) is 47.5 Å². The summed E-state index contributed by atoms with van der Waals surface area (Å²) < 4.78 is 5.36. The Morgan fingerprint density at radius 3 is 2.43 bits per heavy atom. The van der Waals surface area contributed by atoms with Crippen LogP contribution in [0, 0.1) is 13.8 Å². The lowest BCUT2D eigenvalue weighted by Crippen LogP contribution is -2.43. The summed E-state index contributed by atoms with van der Waals surface area (Å²) in [5.41, 5.74) is 6.91. The van der Waals surface area contributed by atoms with Gasteiger partial charge in [-0.2, -0.15) is 0 Å². The zero-order chi connectivity index (χ0) is 16.0. The first-order chi connectivity index (χ1) is 9.79. The fourth-order valence-electron chi connectivity index (χ4n) is 1.78. The van der Waals surface area contributed by atoms with Crippen molar-refractivity contribution >= 4 is 17.8 Å². The van der Waals surface area contributed by atoms with E-state index in [0.717, 1.165) is 16.0 Å². The van der Waals surface area contributed by atoms with Crippen LogP contribution in [0.4, 0.5) is 0 Å². The number of hydrogen-bond donors (Lipinski definition) is 2. The lowest BCUT2D eigenvalue weighted by Gasteiger charge is -2.19. The maximum atomic E-state index is 11.9. The van der Waals surface area contributed by atoms with Crippen LogP contribution in [0.25, 0.3) is 0 Å². The second-order valence-electron chi connectivity index (χ2n) is 4.67. The van der Waals surface area contributed by atoms with Crippen LogP contribution < -0.4 is 10.5 Å². The molecular formula is C14H18N2O5. The monoisotopic (exact) mass is 294 g/mol. The summed E-state index contributed by atoms with van der Waals surface area (Å²) in [4.78, 5) is 34.3. The Bertz CT molecular complexity index is 540. The molecule has 114 valence electrons. The average molecular weight is 294 g/mol. The number of nitrogens with zero attached hydrogens (tertiary/aromatic N) is 1. The second kappa shape index (κ2) is 7.28. The Morgan fingerprint density at radius 2 is 1.90 bits per heavy atom. The predicted molar refractivity (Wildman–Crippen MR) is 74.8 cm³/mol. The number of rotatable bonds is 7. The van der Waals surface area contributed by atoms with Gasteiger partial charge in [0, 0.05) is 0 Å². The molecule has 0 atom stereocenters. The molecule has 0 unspecified atom stereocenters. The molecule has 2 amide bonds. The smallest absolute Gasteiger partial charge is 0.323 e. The molecule has 0 fully saturated rings. The fourth-order valence-corrected chi connectivity index (χ4v) is 1.78. The minimum Gasteiger partial charge on any atom is -0.483 e. The minimum atomic E-state index is -1.23. The SMILES string of the molecule is Cc1ccc(OCC(=O)N(CC(N)=O)CC(=O)O)c(C)c1. The van der Waals surface area contributed by atoms with Crippen molar-refractivity contribution in [3.8, 4) is 5.75 Å². The standard InChI is InChI=1S/C14H18N2O5/c1-9-3-4-11(10(2)5-9)21-8-13(18)16(6-12(15)17)7-14(19)20/h3-5H,6-8H2,1-2H3,(H2,15,17)(H,19,20). The van der Waals surface area contributed by atoms with E-state index >= 15 is 0 Å². The van der Waals surface area contributed by atoms with Gasteiger partial charge in [-0.05, 0) is 25.5 Å². The highest BCUT2D eigenvalue weighted by Gasteiger charge is 2.19. The Balaban J connectivity index is 2.68. The number of ether oxygens (including phenoxy) is 1. The highest BCUT2D eigenvalue weighted by Crippen LogP contribution is 2.18. The summed E-state index contributed by atoms with van der Waals surface area (Å²) in [5.74, 6) is -2.09. The van der Waals surface area contributed by atoms with Crippen molar-refractivity contribution in [3.63, 3.8) is 0 Å². The number of carbonyl (C=O) groups is 3. The van der Waals surface area contributed by atoms with Crippen LogP contribution in [0.2, 0.25) is 0 Å². The van der Waals surface area contributed by atoms with Crippen molar-refractivity contribution in [2.45, 2.75) is 13.8 Å². The van der Waals surface area contributed by atoms with Crippen molar-refractivity contribution in [2.75, 3.05) is 19.7 Å². The number of primary amides is 1. The minimum absolute atomic E-state index is 0.357. The largest absolute Gasteiger partial charge is 0.483 e. The zero-order valence-electron chi connectivity index (χ0n) is 12.0. The number of aryl methyl sites for hydroxylation is 2. The molecule has 0 saturated heterocycles. The van der Waals surface area contributed by atoms with Crippen molar-refractivity contribution in [2.24, 2.45) is 5.73 Å². The number of nitrogens with two attached hydrogens (primary N) is 1. The summed E-state index contributed by atoms with van der Waals surface area (Å²) in [7, 11) is 0. The molecule has 1 aromatic rings. The van der Waals surface area contributed by atoms with Crippen molar-refractivity contribution in [3.05, 3.63) is 29.3 Å². The lowest BCUT2D eigenvalue weighted by molar-refractivity contribution is -0.146. The van der Waals surface area contributed by atoms with E-state index in [-0.39, 0.29) is 6.61 Å². The molecule has 0 aromatic heterocycles. The van der Waals surface area contributed by atoms with Gasteiger partial charge in [0.25, 0.3) is 5.91 Å². The van der Waals surface area contributed by atoms with Crippen molar-refractivity contribution < 1.29 is 24.2 Å². The van der Waals surface area contributed by atoms with E-state index in [1.54, 1.807) is 6.07 Å². The van der Waals surface area contributed by atoms with Crippen LogP contribution >= 0.6 is 0 Å². The van der Waals surface area contributed by atoms with Crippen LogP contribution in [-0.2, 0) is 14.4 Å². The third kappa shape index (κ3) is 5.52. The summed E-state index contributed by atoms with van der Waals surface area (Å²) in [5, 5.41) is 8.72. The normalized spacial score (nSPS) is 10.0. The molecule has 0 aliphatic carbocycles. The quantitative estimate of drug-likeness (QED) is 0.740. The Kier molecular flexibility index (Phi) is 5.71. The van der Waals surface area contributed by atoms with Gasteiger partial charge in [0.1, 0.15) is 18.8 Å². The first-order valence-electron chi connectivity index (χ1n) is 6.27. The number of hydrogen-bond acceptors (Lipinski definition) is 4. The van der Waals surface area contributed by atoms with E-state index < -0.39 is 30.9 Å². The van der Waals surface area contributed by atoms with E-state index in [0.29, 0.717) is 5.75 Å². The van der Waals surface area contributed by atoms with Crippen LogP contribution in [0.1, 0.15) is 11.1 Å². The number of carboxylic acid groups (broad SMARTS) is 1. The predicted octanol–water partition coefficient (Wildman–Crippen LogP) is 0.0807. The Labute approximate surface area is 122 Å². The third-order valence-corrected chi connectivity index (χ3v) is 2.71. The van der Waals surface area contributed by atoms with Gasteiger partial charge in [-0.3, -0.25) is 14.4 Å². The van der Waals surface area contributed by atoms with Crippen LogP contribution in [0.5, 0.6) is 5.75 Å². The van der Waals surface area contributed by atoms with Gasteiger partial charge in [0.15, 0.2) is 6.61 Å². The van der Waals surface area contributed by atoms with Gasteiger partial charge in [0.05, 0.1) is 0 Å². The molecule has 0 radical (unpaired) electrons. The van der Waals surface area contributed by atoms with Crippen LogP contribution in [0.15, 0.2) is 18.2 Å². The van der Waals surface area contributed by atoms with Gasteiger partial charge >= 0.3 is 5.97 Å². The van der Waals surface area contributed by atoms with Gasteiger partial charge in [-0.15, -0.1) is 0 Å². The van der Waals surface area contributed by atoms with Crippen molar-refractivity contribution in [1.29, 1.82) is 0 Å². The molecule has 0 bridgehead atoms. The molecule has 21 heavy (non-hydrogen) atoms. The molecule has 0 saturated carbocycles. The highest BCUT2D eigenvalue weighted by molar-refractivity contribution is 5.87. The Hall–Kier alpha value is -2.57. The number of aliphatic carboxylic acids is 1. The number of benzene rings is 1. The maximum Gasteiger partial charge on any atom is 0.323 e. The molecule has 3 N–H and O–H groups in total. The van der Waals surface area contributed by atoms with E-state index in [1.165, 1.54) is 0 Å². The summed E-state index contributed by atoms with van der Waals surface area (Å²) >= 11 is 0. The lowest BCUT2D eigenvalue weighted by atomic mass is 10.1. The third-order valence-electron chi connectivity index (χ3n) is 2.71. The molecular weight excluding hydrogens is 276 g/mol. The molecule has 0 spiro atoms. The Morgan fingerprint density at radius 1 is 1.24 bits per heavy atom. The summed E-state index contributed by atoms with van der Waals surface area (Å²) in [6.45, 7) is 2.36. The first kappa shape index (κ1) is 16.5. The zero-order valence-corrected chi connectivity index (χ0v) is 12.0. The van der Waals surface area contributed by atoms with Gasteiger partial charge in [-0.1, -0.05) is 17.7 Å². The number of amides is 2. The van der Waals surface area contributed by atoms with Crippen molar-refractivity contribution in [1.82, 2.24) is 4.90 Å². The molecule has 1 aromatic carbocycles. The second-order valence-corrected chi connectivity index (χ2v) is 4.67. The molecule has 0 aliphatic heterocycles. The maximum absolute atomic E-state index is 11.9. The van der Waals surface area contributed by atoms with E-state index in [9.17, 15) is 14.4 Å². The molecule has 0 aliphatic rings. The number of carbonyl (C=O) groups excluding carboxylic acids is 2. The fraction of sp³-hybridized carbons (Fsp3) is 0.357. The van der Waals surface area contributed by atoms with E-state index in [2.05, 4.69) is 0 Å². The molecule has 7 heteroatoms. The van der Waals surface area contributed by atoms with Gasteiger partial charge in [-0.25, -0.2) is 0 Å². The number of carboxylic acids is 1. The van der Waals surface area contributed by atoms with E-state index in [1.807, 2.05) is 26.0 Å². The molecule has 0 heterocycles. The summed E-state index contributed by atoms with van der Waals surface area (Å²) in [6, 6.07) is 5.47. The topological polar surface area (TPSA) is 110 Å².